The molecule has 6 heteroatoms. The zero-order chi connectivity index (χ0) is 15.0. The number of rotatable bonds is 9. The first-order chi connectivity index (χ1) is 9.55. The topological polar surface area (TPSA) is 67.4 Å². The Bertz CT molecular complexity index is 497. The molecule has 114 valence electrons. The van der Waals surface area contributed by atoms with Crippen molar-refractivity contribution in [1.82, 2.24) is 10.0 Å². The molecule has 1 aromatic rings. The number of nitrogens with one attached hydrogen (secondary N) is 2. The van der Waals surface area contributed by atoms with Crippen LogP contribution in [0.4, 0.5) is 0 Å². The molecule has 0 aliphatic rings. The Balaban J connectivity index is 3.00. The highest BCUT2D eigenvalue weighted by molar-refractivity contribution is 7.89. The van der Waals surface area contributed by atoms with Crippen LogP contribution in [-0.4, -0.2) is 41.3 Å². The summed E-state index contributed by atoms with van der Waals surface area (Å²) < 4.78 is 32.1. The van der Waals surface area contributed by atoms with Crippen LogP contribution in [0.3, 0.4) is 0 Å². The molecule has 0 bridgehead atoms. The summed E-state index contributed by atoms with van der Waals surface area (Å²) in [5, 5.41) is 3.30. The number of benzene rings is 1. The van der Waals surface area contributed by atoms with Gasteiger partial charge in [-0.05, 0) is 24.6 Å². The zero-order valence-electron chi connectivity index (χ0n) is 12.3. The third kappa shape index (κ3) is 4.86. The first kappa shape index (κ1) is 17.1. The quantitative estimate of drug-likeness (QED) is 0.718. The summed E-state index contributed by atoms with van der Waals surface area (Å²) in [5.41, 5.74) is 0.802. The van der Waals surface area contributed by atoms with Gasteiger partial charge in [-0.15, -0.1) is 0 Å². The van der Waals surface area contributed by atoms with Crippen LogP contribution in [0, 0.1) is 0 Å². The van der Waals surface area contributed by atoms with Crippen LogP contribution in [-0.2, 0) is 21.2 Å². The summed E-state index contributed by atoms with van der Waals surface area (Å²) in [4.78, 5) is 0.348. The molecule has 0 saturated heterocycles. The van der Waals surface area contributed by atoms with Crippen molar-refractivity contribution in [3.63, 3.8) is 0 Å². The summed E-state index contributed by atoms with van der Waals surface area (Å²) >= 11 is 0. The van der Waals surface area contributed by atoms with E-state index in [2.05, 4.69) is 10.0 Å². The summed E-state index contributed by atoms with van der Waals surface area (Å²) in [5.74, 6) is 0. The number of hydrogen-bond donors (Lipinski definition) is 2. The average Bonchev–Trinajstić information content (AvgIpc) is 2.39. The smallest absolute Gasteiger partial charge is 0.240 e. The minimum Gasteiger partial charge on any atom is -0.383 e. The minimum atomic E-state index is -3.44. The molecule has 0 saturated carbocycles. The lowest BCUT2D eigenvalue weighted by Crippen LogP contribution is -2.35. The van der Waals surface area contributed by atoms with Crippen molar-refractivity contribution >= 4 is 10.0 Å². The SMILES string of the molecule is CCNC(COC)Cc1ccccc1S(=O)(=O)NCC. The van der Waals surface area contributed by atoms with Gasteiger partial charge in [0.15, 0.2) is 0 Å². The van der Waals surface area contributed by atoms with Crippen LogP contribution in [0.15, 0.2) is 29.2 Å². The second-order valence-corrected chi connectivity index (χ2v) is 6.26. The fraction of sp³-hybridized carbons (Fsp3) is 0.571. The average molecular weight is 300 g/mol. The second-order valence-electron chi connectivity index (χ2n) is 4.52. The van der Waals surface area contributed by atoms with Gasteiger partial charge in [-0.3, -0.25) is 0 Å². The molecular formula is C14H24N2O3S. The molecule has 1 unspecified atom stereocenters. The molecule has 0 spiro atoms. The fourth-order valence-corrected chi connectivity index (χ4v) is 3.44. The minimum absolute atomic E-state index is 0.1000. The third-order valence-corrected chi connectivity index (χ3v) is 4.57. The molecular weight excluding hydrogens is 276 g/mol. The molecule has 1 aromatic carbocycles. The van der Waals surface area contributed by atoms with Crippen molar-refractivity contribution in [3.05, 3.63) is 29.8 Å². The van der Waals surface area contributed by atoms with E-state index in [1.54, 1.807) is 26.2 Å². The van der Waals surface area contributed by atoms with E-state index in [1.807, 2.05) is 19.1 Å². The number of methoxy groups -OCH3 is 1. The molecule has 0 aliphatic carbocycles. The molecule has 0 radical (unpaired) electrons. The van der Waals surface area contributed by atoms with E-state index in [0.717, 1.165) is 12.1 Å². The van der Waals surface area contributed by atoms with Gasteiger partial charge >= 0.3 is 0 Å². The summed E-state index contributed by atoms with van der Waals surface area (Å²) in [7, 11) is -1.79. The lowest BCUT2D eigenvalue weighted by atomic mass is 10.1. The molecule has 0 aromatic heterocycles. The first-order valence-electron chi connectivity index (χ1n) is 6.85. The molecule has 1 atom stereocenters. The van der Waals surface area contributed by atoms with Gasteiger partial charge in [-0.2, -0.15) is 0 Å². The zero-order valence-corrected chi connectivity index (χ0v) is 13.2. The van der Waals surface area contributed by atoms with Crippen molar-refractivity contribution in [2.24, 2.45) is 0 Å². The van der Waals surface area contributed by atoms with E-state index in [9.17, 15) is 8.42 Å². The molecule has 0 aliphatic heterocycles. The Morgan fingerprint density at radius 3 is 2.50 bits per heavy atom. The predicted molar refractivity (Wildman–Crippen MR) is 80.3 cm³/mol. The molecule has 0 fully saturated rings. The highest BCUT2D eigenvalue weighted by Gasteiger charge is 2.19. The van der Waals surface area contributed by atoms with E-state index in [1.165, 1.54) is 0 Å². The van der Waals surface area contributed by atoms with E-state index in [0.29, 0.717) is 24.5 Å². The maximum Gasteiger partial charge on any atom is 0.240 e. The van der Waals surface area contributed by atoms with Crippen molar-refractivity contribution in [3.8, 4) is 0 Å². The van der Waals surface area contributed by atoms with E-state index in [-0.39, 0.29) is 6.04 Å². The van der Waals surface area contributed by atoms with Gasteiger partial charge in [0.25, 0.3) is 0 Å². The van der Waals surface area contributed by atoms with Crippen molar-refractivity contribution < 1.29 is 13.2 Å². The number of likely N-dealkylation sites (N-methyl/N-ethyl adjacent to an activating group) is 1. The van der Waals surface area contributed by atoms with Gasteiger partial charge in [0.05, 0.1) is 11.5 Å². The summed E-state index contributed by atoms with van der Waals surface area (Å²) in [6.07, 6.45) is 0.614. The van der Waals surface area contributed by atoms with Crippen LogP contribution in [0.5, 0.6) is 0 Å². The fourth-order valence-electron chi connectivity index (χ4n) is 2.15. The Morgan fingerprint density at radius 1 is 1.20 bits per heavy atom. The van der Waals surface area contributed by atoms with Gasteiger partial charge in [0, 0.05) is 19.7 Å². The Kier molecular flexibility index (Phi) is 7.15. The van der Waals surface area contributed by atoms with Crippen molar-refractivity contribution in [1.29, 1.82) is 0 Å². The van der Waals surface area contributed by atoms with E-state index < -0.39 is 10.0 Å². The Morgan fingerprint density at radius 2 is 1.90 bits per heavy atom. The first-order valence-corrected chi connectivity index (χ1v) is 8.33. The van der Waals surface area contributed by atoms with Gasteiger partial charge in [0.2, 0.25) is 10.0 Å². The molecule has 0 amide bonds. The Hall–Kier alpha value is -0.950. The molecule has 20 heavy (non-hydrogen) atoms. The third-order valence-electron chi connectivity index (χ3n) is 2.92. The van der Waals surface area contributed by atoms with Gasteiger partial charge in [0.1, 0.15) is 0 Å². The van der Waals surface area contributed by atoms with Crippen LogP contribution in [0.25, 0.3) is 0 Å². The highest BCUT2D eigenvalue weighted by Crippen LogP contribution is 2.17. The predicted octanol–water partition coefficient (Wildman–Crippen LogP) is 1.15. The lowest BCUT2D eigenvalue weighted by molar-refractivity contribution is 0.166. The standard InChI is InChI=1S/C14H24N2O3S/c1-4-15-13(11-19-3)10-12-8-6-7-9-14(12)20(17,18)16-5-2/h6-9,13,15-16H,4-5,10-11H2,1-3H3. The largest absolute Gasteiger partial charge is 0.383 e. The summed E-state index contributed by atoms with van der Waals surface area (Å²) in [6, 6.07) is 7.19. The van der Waals surface area contributed by atoms with Crippen LogP contribution < -0.4 is 10.0 Å². The number of sulfonamides is 1. The van der Waals surface area contributed by atoms with Gasteiger partial charge < -0.3 is 10.1 Å². The maximum absolute atomic E-state index is 12.2. The number of ether oxygens (including phenoxy) is 1. The second kappa shape index (κ2) is 8.36. The molecule has 2 N–H and O–H groups in total. The van der Waals surface area contributed by atoms with Crippen molar-refractivity contribution in [2.75, 3.05) is 26.8 Å². The molecule has 0 heterocycles. The lowest BCUT2D eigenvalue weighted by Gasteiger charge is -2.19. The van der Waals surface area contributed by atoms with E-state index >= 15 is 0 Å². The van der Waals surface area contributed by atoms with Gasteiger partial charge in [-0.25, -0.2) is 13.1 Å². The van der Waals surface area contributed by atoms with Crippen LogP contribution in [0.1, 0.15) is 19.4 Å². The molecule has 5 nitrogen and oxygen atoms in total. The van der Waals surface area contributed by atoms with Crippen LogP contribution >= 0.6 is 0 Å². The summed E-state index contributed by atoms with van der Waals surface area (Å²) in [6.45, 7) is 5.53. The van der Waals surface area contributed by atoms with E-state index in [4.69, 9.17) is 4.74 Å². The highest BCUT2D eigenvalue weighted by atomic mass is 32.2. The van der Waals surface area contributed by atoms with Crippen LogP contribution in [0.2, 0.25) is 0 Å². The maximum atomic E-state index is 12.2. The monoisotopic (exact) mass is 300 g/mol. The normalized spacial score (nSPS) is 13.3. The Labute approximate surface area is 121 Å². The molecule has 1 rings (SSSR count). The van der Waals surface area contributed by atoms with Gasteiger partial charge in [-0.1, -0.05) is 32.0 Å². The van der Waals surface area contributed by atoms with Crippen molar-refractivity contribution in [2.45, 2.75) is 31.2 Å². The number of hydrogen-bond acceptors (Lipinski definition) is 4.